The zero-order chi connectivity index (χ0) is 18.5. The van der Waals surface area contributed by atoms with Crippen LogP contribution in [-0.2, 0) is 20.9 Å². The maximum Gasteiger partial charge on any atom is 0.339 e. The van der Waals surface area contributed by atoms with Crippen molar-refractivity contribution in [3.05, 3.63) is 71.0 Å². The highest BCUT2D eigenvalue weighted by Gasteiger charge is 2.31. The van der Waals surface area contributed by atoms with Gasteiger partial charge in [0, 0.05) is 18.7 Å². The van der Waals surface area contributed by atoms with Gasteiger partial charge in [-0.25, -0.2) is 9.18 Å². The monoisotopic (exact) mass is 357 g/mol. The van der Waals surface area contributed by atoms with E-state index in [0.717, 1.165) is 18.4 Å². The molecule has 1 aliphatic carbocycles. The predicted molar refractivity (Wildman–Crippen MR) is 92.9 cm³/mol. The number of benzene rings is 2. The van der Waals surface area contributed by atoms with E-state index in [1.807, 2.05) is 0 Å². The van der Waals surface area contributed by atoms with Crippen LogP contribution in [0, 0.1) is 5.82 Å². The van der Waals surface area contributed by atoms with E-state index in [2.05, 4.69) is 5.32 Å². The molecule has 0 radical (unpaired) electrons. The molecule has 0 heterocycles. The first-order valence-electron chi connectivity index (χ1n) is 8.41. The summed E-state index contributed by atoms with van der Waals surface area (Å²) in [7, 11) is 1.59. The van der Waals surface area contributed by atoms with Gasteiger partial charge in [-0.3, -0.25) is 4.79 Å². The second-order valence-corrected chi connectivity index (χ2v) is 6.25. The third-order valence-electron chi connectivity index (χ3n) is 4.06. The van der Waals surface area contributed by atoms with Gasteiger partial charge in [0.15, 0.2) is 0 Å². The highest BCUT2D eigenvalue weighted by atomic mass is 19.1. The van der Waals surface area contributed by atoms with Crippen molar-refractivity contribution in [2.75, 3.05) is 7.11 Å². The fourth-order valence-corrected chi connectivity index (χ4v) is 2.49. The molecule has 6 heteroatoms. The summed E-state index contributed by atoms with van der Waals surface area (Å²) in [5.41, 5.74) is 1.68. The summed E-state index contributed by atoms with van der Waals surface area (Å²) >= 11 is 0. The third-order valence-corrected chi connectivity index (χ3v) is 4.06. The van der Waals surface area contributed by atoms with Crippen LogP contribution in [0.1, 0.15) is 40.4 Å². The Hall–Kier alpha value is -2.73. The van der Waals surface area contributed by atoms with Crippen LogP contribution in [0.2, 0.25) is 0 Å². The molecule has 2 aromatic rings. The molecule has 1 atom stereocenters. The zero-order valence-electron chi connectivity index (χ0n) is 14.4. The van der Waals surface area contributed by atoms with Crippen molar-refractivity contribution in [2.24, 2.45) is 0 Å². The van der Waals surface area contributed by atoms with E-state index in [1.54, 1.807) is 31.4 Å². The molecule has 1 amide bonds. The van der Waals surface area contributed by atoms with Crippen LogP contribution in [-0.4, -0.2) is 25.0 Å². The van der Waals surface area contributed by atoms with Gasteiger partial charge >= 0.3 is 5.97 Å². The summed E-state index contributed by atoms with van der Waals surface area (Å²) in [5.74, 6) is -1.44. The lowest BCUT2D eigenvalue weighted by molar-refractivity contribution is -0.130. The second kappa shape index (κ2) is 8.10. The average molecular weight is 357 g/mol. The van der Waals surface area contributed by atoms with Crippen molar-refractivity contribution in [3.8, 4) is 0 Å². The summed E-state index contributed by atoms with van der Waals surface area (Å²) in [4.78, 5) is 24.9. The van der Waals surface area contributed by atoms with Gasteiger partial charge in [0.1, 0.15) is 5.82 Å². The summed E-state index contributed by atoms with van der Waals surface area (Å²) in [5, 5.41) is 2.82. The molecular weight excluding hydrogens is 337 g/mol. The maximum atomic E-state index is 13.2. The summed E-state index contributed by atoms with van der Waals surface area (Å²) in [6.07, 6.45) is 0.704. The number of carbonyl (C=O) groups is 2. The highest BCUT2D eigenvalue weighted by molar-refractivity contribution is 5.92. The van der Waals surface area contributed by atoms with E-state index in [4.69, 9.17) is 9.47 Å². The van der Waals surface area contributed by atoms with Crippen molar-refractivity contribution < 1.29 is 23.5 Å². The van der Waals surface area contributed by atoms with Crippen LogP contribution >= 0.6 is 0 Å². The predicted octanol–water partition coefficient (Wildman–Crippen LogP) is 3.15. The summed E-state index contributed by atoms with van der Waals surface area (Å²) < 4.78 is 23.7. The fraction of sp³-hybridized carbons (Fsp3) is 0.300. The molecule has 1 aliphatic rings. The van der Waals surface area contributed by atoms with Crippen molar-refractivity contribution in [2.45, 2.75) is 31.6 Å². The largest absolute Gasteiger partial charge is 0.444 e. The number of halogens is 1. The van der Waals surface area contributed by atoms with Gasteiger partial charge in [-0.15, -0.1) is 0 Å². The topological polar surface area (TPSA) is 64.6 Å². The molecule has 0 bridgehead atoms. The first-order chi connectivity index (χ1) is 12.6. The number of esters is 1. The molecule has 0 saturated heterocycles. The summed E-state index contributed by atoms with van der Waals surface area (Å²) in [6, 6.07) is 12.3. The SMILES string of the molecule is COCc1ccc(C(=O)OC(C(=O)NC2CC2)c2ccc(F)cc2)cc1. The van der Waals surface area contributed by atoms with Crippen molar-refractivity contribution in [1.29, 1.82) is 0 Å². The van der Waals surface area contributed by atoms with E-state index < -0.39 is 23.8 Å². The standard InChI is InChI=1S/C20H20FNO4/c1-25-12-13-2-4-15(5-3-13)20(24)26-18(19(23)22-17-10-11-17)14-6-8-16(21)9-7-14/h2-9,17-18H,10-12H2,1H3,(H,22,23). The number of ether oxygens (including phenoxy) is 2. The van der Waals surface area contributed by atoms with Crippen LogP contribution in [0.25, 0.3) is 0 Å². The van der Waals surface area contributed by atoms with E-state index in [0.29, 0.717) is 17.7 Å². The lowest BCUT2D eigenvalue weighted by atomic mass is 10.1. The minimum absolute atomic E-state index is 0.123. The molecular formula is C20H20FNO4. The number of hydrogen-bond donors (Lipinski definition) is 1. The van der Waals surface area contributed by atoms with E-state index >= 15 is 0 Å². The first kappa shape index (κ1) is 18.1. The minimum Gasteiger partial charge on any atom is -0.444 e. The van der Waals surface area contributed by atoms with Crippen molar-refractivity contribution >= 4 is 11.9 Å². The van der Waals surface area contributed by atoms with Gasteiger partial charge in [0.2, 0.25) is 6.10 Å². The number of methoxy groups -OCH3 is 1. The maximum absolute atomic E-state index is 13.2. The van der Waals surface area contributed by atoms with Crippen LogP contribution < -0.4 is 5.32 Å². The van der Waals surface area contributed by atoms with E-state index in [-0.39, 0.29) is 6.04 Å². The number of nitrogens with one attached hydrogen (secondary N) is 1. The molecule has 0 aliphatic heterocycles. The summed E-state index contributed by atoms with van der Waals surface area (Å²) in [6.45, 7) is 0.442. The normalized spacial score (nSPS) is 14.5. The number of carbonyl (C=O) groups excluding carboxylic acids is 2. The molecule has 26 heavy (non-hydrogen) atoms. The molecule has 5 nitrogen and oxygen atoms in total. The molecule has 3 rings (SSSR count). The molecule has 0 aromatic heterocycles. The molecule has 0 spiro atoms. The quantitative estimate of drug-likeness (QED) is 0.773. The molecule has 1 saturated carbocycles. The van der Waals surface area contributed by atoms with Crippen molar-refractivity contribution in [1.82, 2.24) is 5.32 Å². The van der Waals surface area contributed by atoms with Crippen LogP contribution in [0.5, 0.6) is 0 Å². The Kier molecular flexibility index (Phi) is 5.63. The van der Waals surface area contributed by atoms with Gasteiger partial charge in [-0.1, -0.05) is 24.3 Å². The van der Waals surface area contributed by atoms with Crippen molar-refractivity contribution in [3.63, 3.8) is 0 Å². The minimum atomic E-state index is -1.12. The van der Waals surface area contributed by atoms with Gasteiger partial charge in [0.25, 0.3) is 5.91 Å². The highest BCUT2D eigenvalue weighted by Crippen LogP contribution is 2.24. The van der Waals surface area contributed by atoms with Crippen LogP contribution in [0.4, 0.5) is 4.39 Å². The Bertz CT molecular complexity index is 769. The molecule has 1 fully saturated rings. The van der Waals surface area contributed by atoms with Gasteiger partial charge in [-0.05, 0) is 42.7 Å². The van der Waals surface area contributed by atoms with Crippen LogP contribution in [0.15, 0.2) is 48.5 Å². The Labute approximate surface area is 151 Å². The first-order valence-corrected chi connectivity index (χ1v) is 8.41. The Balaban J connectivity index is 1.76. The van der Waals surface area contributed by atoms with Gasteiger partial charge < -0.3 is 14.8 Å². The fourth-order valence-electron chi connectivity index (χ4n) is 2.49. The van der Waals surface area contributed by atoms with Gasteiger partial charge in [-0.2, -0.15) is 0 Å². The second-order valence-electron chi connectivity index (χ2n) is 6.25. The zero-order valence-corrected chi connectivity index (χ0v) is 14.4. The number of hydrogen-bond acceptors (Lipinski definition) is 4. The Morgan fingerprint density at radius 2 is 1.77 bits per heavy atom. The lowest BCUT2D eigenvalue weighted by Crippen LogP contribution is -2.33. The Morgan fingerprint density at radius 3 is 2.35 bits per heavy atom. The Morgan fingerprint density at radius 1 is 1.12 bits per heavy atom. The molecule has 1 N–H and O–H groups in total. The van der Waals surface area contributed by atoms with Gasteiger partial charge in [0.05, 0.1) is 12.2 Å². The van der Waals surface area contributed by atoms with E-state index in [9.17, 15) is 14.0 Å². The number of amides is 1. The van der Waals surface area contributed by atoms with Crippen LogP contribution in [0.3, 0.4) is 0 Å². The lowest BCUT2D eigenvalue weighted by Gasteiger charge is -2.18. The molecule has 2 aromatic carbocycles. The molecule has 1 unspecified atom stereocenters. The third kappa shape index (κ3) is 4.67. The number of rotatable bonds is 7. The smallest absolute Gasteiger partial charge is 0.339 e. The molecule has 136 valence electrons. The average Bonchev–Trinajstić information content (AvgIpc) is 3.45. The van der Waals surface area contributed by atoms with E-state index in [1.165, 1.54) is 24.3 Å².